The molecule has 21 heavy (non-hydrogen) atoms. The fraction of sp³-hybridized carbons (Fsp3) is 0.684. The molecule has 120 valence electrons. The number of hydrogen-bond donors (Lipinski definition) is 1. The molecule has 2 heteroatoms. The van der Waals surface area contributed by atoms with Gasteiger partial charge in [-0.1, -0.05) is 39.8 Å². The Kier molecular flexibility index (Phi) is 7.24. The highest BCUT2D eigenvalue weighted by Gasteiger charge is 2.18. The Hall–Kier alpha value is -1.02. The third-order valence-corrected chi connectivity index (χ3v) is 4.12. The van der Waals surface area contributed by atoms with Crippen molar-refractivity contribution in [2.24, 2.45) is 17.8 Å². The van der Waals surface area contributed by atoms with Crippen molar-refractivity contribution in [1.82, 2.24) is 5.32 Å². The minimum Gasteiger partial charge on any atom is -0.491 e. The number of rotatable bonds is 8. The summed E-state index contributed by atoms with van der Waals surface area (Å²) in [6, 6.07) is 8.83. The van der Waals surface area contributed by atoms with E-state index in [4.69, 9.17) is 4.74 Å². The molecule has 1 N–H and O–H groups in total. The van der Waals surface area contributed by atoms with Gasteiger partial charge < -0.3 is 10.1 Å². The van der Waals surface area contributed by atoms with Crippen LogP contribution in [0.3, 0.4) is 0 Å². The number of benzene rings is 1. The molecule has 0 heterocycles. The summed E-state index contributed by atoms with van der Waals surface area (Å²) in [4.78, 5) is 0. The van der Waals surface area contributed by atoms with Crippen LogP contribution in [0.5, 0.6) is 5.75 Å². The van der Waals surface area contributed by atoms with E-state index >= 15 is 0 Å². The lowest BCUT2D eigenvalue weighted by atomic mass is 9.85. The van der Waals surface area contributed by atoms with E-state index in [1.54, 1.807) is 0 Å². The Bertz CT molecular complexity index is 387. The Labute approximate surface area is 131 Å². The average Bonchev–Trinajstić information content (AvgIpc) is 2.38. The van der Waals surface area contributed by atoms with Crippen LogP contribution >= 0.6 is 0 Å². The average molecular weight is 291 g/mol. The van der Waals surface area contributed by atoms with Crippen LogP contribution < -0.4 is 10.1 Å². The van der Waals surface area contributed by atoms with Gasteiger partial charge in [-0.2, -0.15) is 0 Å². The van der Waals surface area contributed by atoms with Crippen LogP contribution in [-0.2, 0) is 0 Å². The van der Waals surface area contributed by atoms with Crippen molar-refractivity contribution in [2.45, 2.75) is 60.6 Å². The summed E-state index contributed by atoms with van der Waals surface area (Å²) in [5.41, 5.74) is 1.32. The third-order valence-electron chi connectivity index (χ3n) is 4.12. The first-order valence-corrected chi connectivity index (χ1v) is 8.31. The van der Waals surface area contributed by atoms with Gasteiger partial charge >= 0.3 is 0 Å². The molecule has 0 saturated carbocycles. The molecule has 0 aromatic heterocycles. The van der Waals surface area contributed by atoms with Crippen LogP contribution in [0.15, 0.2) is 24.3 Å². The van der Waals surface area contributed by atoms with Crippen LogP contribution in [0.2, 0.25) is 0 Å². The lowest BCUT2D eigenvalue weighted by molar-refractivity contribution is 0.242. The van der Waals surface area contributed by atoms with Crippen LogP contribution in [-0.4, -0.2) is 12.6 Å². The predicted molar refractivity (Wildman–Crippen MR) is 91.8 cm³/mol. The molecule has 0 aliphatic heterocycles. The largest absolute Gasteiger partial charge is 0.491 e. The fourth-order valence-electron chi connectivity index (χ4n) is 2.78. The monoisotopic (exact) mass is 291 g/mol. The lowest BCUT2D eigenvalue weighted by Gasteiger charge is -2.27. The van der Waals surface area contributed by atoms with E-state index < -0.39 is 0 Å². The Morgan fingerprint density at radius 1 is 0.857 bits per heavy atom. The van der Waals surface area contributed by atoms with Gasteiger partial charge in [0.2, 0.25) is 0 Å². The molecule has 0 fully saturated rings. The highest BCUT2D eigenvalue weighted by atomic mass is 16.5. The van der Waals surface area contributed by atoms with Gasteiger partial charge in [0.15, 0.2) is 0 Å². The summed E-state index contributed by atoms with van der Waals surface area (Å²) in [5, 5.41) is 3.68. The molecule has 1 aromatic carbocycles. The van der Waals surface area contributed by atoms with Crippen molar-refractivity contribution in [1.29, 1.82) is 0 Å². The summed E-state index contributed by atoms with van der Waals surface area (Å²) in [6.45, 7) is 16.7. The van der Waals surface area contributed by atoms with Crippen molar-refractivity contribution in [2.75, 3.05) is 6.54 Å². The number of nitrogens with one attached hydrogen (secondary N) is 1. The van der Waals surface area contributed by atoms with Crippen LogP contribution in [0.1, 0.15) is 60.1 Å². The third kappa shape index (κ3) is 6.09. The van der Waals surface area contributed by atoms with Gasteiger partial charge in [0, 0.05) is 6.04 Å². The van der Waals surface area contributed by atoms with E-state index in [0.717, 1.165) is 18.2 Å². The van der Waals surface area contributed by atoms with Crippen molar-refractivity contribution in [3.63, 3.8) is 0 Å². The van der Waals surface area contributed by atoms with E-state index in [0.29, 0.717) is 17.9 Å². The molecule has 0 bridgehead atoms. The first-order chi connectivity index (χ1) is 9.81. The Morgan fingerprint density at radius 2 is 1.38 bits per heavy atom. The highest BCUT2D eigenvalue weighted by molar-refractivity contribution is 5.29. The molecular weight excluding hydrogens is 258 g/mol. The van der Waals surface area contributed by atoms with Crippen molar-refractivity contribution in [3.8, 4) is 5.75 Å². The standard InChI is InChI=1S/C19H33NO/c1-13(2)19(14(3)4)12-20-16(7)17-8-10-18(11-9-17)21-15(5)6/h8-11,13-16,19-20H,12H2,1-7H3. The molecule has 2 nitrogen and oxygen atoms in total. The summed E-state index contributed by atoms with van der Waals surface area (Å²) in [7, 11) is 0. The Morgan fingerprint density at radius 3 is 1.81 bits per heavy atom. The highest BCUT2D eigenvalue weighted by Crippen LogP contribution is 2.22. The molecule has 0 aliphatic carbocycles. The molecule has 1 unspecified atom stereocenters. The molecule has 0 radical (unpaired) electrons. The topological polar surface area (TPSA) is 21.3 Å². The number of hydrogen-bond acceptors (Lipinski definition) is 2. The van der Waals surface area contributed by atoms with E-state index in [2.05, 4.69) is 78.0 Å². The van der Waals surface area contributed by atoms with E-state index in [1.807, 2.05) is 0 Å². The second-order valence-electron chi connectivity index (χ2n) is 7.02. The van der Waals surface area contributed by atoms with E-state index in [9.17, 15) is 0 Å². The van der Waals surface area contributed by atoms with Crippen LogP contribution in [0.25, 0.3) is 0 Å². The zero-order valence-electron chi connectivity index (χ0n) is 14.8. The molecule has 1 atom stereocenters. The minimum absolute atomic E-state index is 0.226. The molecule has 1 aromatic rings. The summed E-state index contributed by atoms with van der Waals surface area (Å²) < 4.78 is 5.69. The van der Waals surface area contributed by atoms with Gasteiger partial charge in [-0.15, -0.1) is 0 Å². The minimum atomic E-state index is 0.226. The molecular formula is C19H33NO. The van der Waals surface area contributed by atoms with Gasteiger partial charge in [-0.3, -0.25) is 0 Å². The number of ether oxygens (including phenoxy) is 1. The van der Waals surface area contributed by atoms with Gasteiger partial charge in [0.1, 0.15) is 5.75 Å². The molecule has 0 spiro atoms. The predicted octanol–water partition coefficient (Wildman–Crippen LogP) is 5.05. The van der Waals surface area contributed by atoms with Gasteiger partial charge in [0.05, 0.1) is 6.10 Å². The zero-order chi connectivity index (χ0) is 16.0. The first kappa shape index (κ1) is 18.0. The van der Waals surface area contributed by atoms with Crippen molar-refractivity contribution < 1.29 is 4.74 Å². The molecule has 0 amide bonds. The van der Waals surface area contributed by atoms with Crippen LogP contribution in [0, 0.1) is 17.8 Å². The Balaban J connectivity index is 2.57. The second-order valence-corrected chi connectivity index (χ2v) is 7.02. The molecule has 0 saturated heterocycles. The van der Waals surface area contributed by atoms with Gasteiger partial charge in [0.25, 0.3) is 0 Å². The normalized spacial score (nSPS) is 13.5. The summed E-state index contributed by atoms with van der Waals surface area (Å²) in [6.07, 6.45) is 0.226. The summed E-state index contributed by atoms with van der Waals surface area (Å²) in [5.74, 6) is 3.09. The maximum Gasteiger partial charge on any atom is 0.119 e. The zero-order valence-corrected chi connectivity index (χ0v) is 14.8. The molecule has 0 aliphatic rings. The first-order valence-electron chi connectivity index (χ1n) is 8.31. The second kappa shape index (κ2) is 8.43. The lowest BCUT2D eigenvalue weighted by Crippen LogP contribution is -2.31. The van der Waals surface area contributed by atoms with Crippen molar-refractivity contribution in [3.05, 3.63) is 29.8 Å². The van der Waals surface area contributed by atoms with Gasteiger partial charge in [-0.05, 0) is 62.8 Å². The SMILES string of the molecule is CC(C)Oc1ccc(C(C)NCC(C(C)C)C(C)C)cc1. The van der Waals surface area contributed by atoms with E-state index in [1.165, 1.54) is 5.56 Å². The smallest absolute Gasteiger partial charge is 0.119 e. The maximum absolute atomic E-state index is 5.69. The summed E-state index contributed by atoms with van der Waals surface area (Å²) >= 11 is 0. The van der Waals surface area contributed by atoms with Crippen LogP contribution in [0.4, 0.5) is 0 Å². The van der Waals surface area contributed by atoms with Crippen molar-refractivity contribution >= 4 is 0 Å². The molecule has 1 rings (SSSR count). The van der Waals surface area contributed by atoms with Gasteiger partial charge in [-0.25, -0.2) is 0 Å². The van der Waals surface area contributed by atoms with E-state index in [-0.39, 0.29) is 6.10 Å². The maximum atomic E-state index is 5.69. The fourth-order valence-corrected chi connectivity index (χ4v) is 2.78. The quantitative estimate of drug-likeness (QED) is 0.723.